The summed E-state index contributed by atoms with van der Waals surface area (Å²) in [6.45, 7) is 5.87. The van der Waals surface area contributed by atoms with Crippen LogP contribution in [0.4, 0.5) is 0 Å². The van der Waals surface area contributed by atoms with Crippen molar-refractivity contribution >= 4 is 23.2 Å². The molecular formula is C27H33Cl2N3O4. The quantitative estimate of drug-likeness (QED) is 0.377. The third-order valence-corrected chi connectivity index (χ3v) is 7.30. The molecule has 1 atom stereocenters. The largest absolute Gasteiger partial charge is 0.493 e. The van der Waals surface area contributed by atoms with Crippen molar-refractivity contribution in [2.75, 3.05) is 33.4 Å². The van der Waals surface area contributed by atoms with Crippen LogP contribution < -0.4 is 14.2 Å². The number of hydrogen-bond acceptors (Lipinski definition) is 6. The van der Waals surface area contributed by atoms with Crippen molar-refractivity contribution in [2.45, 2.75) is 44.9 Å². The van der Waals surface area contributed by atoms with Gasteiger partial charge in [-0.25, -0.2) is 4.98 Å². The Labute approximate surface area is 222 Å². The number of rotatable bonds is 10. The molecule has 0 spiro atoms. The number of benzene rings is 2. The van der Waals surface area contributed by atoms with E-state index in [0.29, 0.717) is 47.5 Å². The molecule has 0 bridgehead atoms. The molecule has 0 aliphatic carbocycles. The highest BCUT2D eigenvalue weighted by atomic mass is 35.5. The lowest BCUT2D eigenvalue weighted by Crippen LogP contribution is -2.37. The Kier molecular flexibility index (Phi) is 9.01. The fraction of sp³-hybridized carbons (Fsp3) is 0.444. The molecule has 2 heterocycles. The van der Waals surface area contributed by atoms with Crippen LogP contribution in [0, 0.1) is 6.92 Å². The van der Waals surface area contributed by atoms with Crippen molar-refractivity contribution < 1.29 is 19.3 Å². The third kappa shape index (κ3) is 7.07. The molecule has 1 N–H and O–H groups in total. The molecule has 0 radical (unpaired) electrons. The van der Waals surface area contributed by atoms with Gasteiger partial charge in [-0.1, -0.05) is 29.3 Å². The first-order chi connectivity index (χ1) is 17.3. The lowest BCUT2D eigenvalue weighted by Gasteiger charge is -2.27. The Hall–Kier alpha value is -2.45. The summed E-state index contributed by atoms with van der Waals surface area (Å²) in [6.07, 6.45) is 5.92. The summed E-state index contributed by atoms with van der Waals surface area (Å²) in [6, 6.07) is 11.2. The molecule has 36 heavy (non-hydrogen) atoms. The van der Waals surface area contributed by atoms with Crippen LogP contribution in [0.1, 0.15) is 30.7 Å². The zero-order valence-electron chi connectivity index (χ0n) is 20.8. The van der Waals surface area contributed by atoms with E-state index in [1.54, 1.807) is 31.5 Å². The maximum Gasteiger partial charge on any atom is 0.161 e. The standard InChI is InChI=1S/C27H33Cl2N3O4/c1-20-30-10-13-32(20)14-15-35-26-16-21(4-7-25(26)34-2)18-31-11-3-8-27(33,9-12-31)19-36-22-5-6-23(28)24(29)17-22/h4-7,10,13,16-17,33H,3,8-9,11-12,14-15,18-19H2,1-2H3/t27-/m0/s1. The maximum absolute atomic E-state index is 11.2. The molecule has 0 amide bonds. The van der Waals surface area contributed by atoms with Gasteiger partial charge in [0.05, 0.1) is 29.3 Å². The normalized spacial score (nSPS) is 18.6. The number of aliphatic hydroxyl groups is 1. The Balaban J connectivity index is 1.32. The van der Waals surface area contributed by atoms with Crippen LogP contribution in [0.15, 0.2) is 48.8 Å². The van der Waals surface area contributed by atoms with Gasteiger partial charge in [0.15, 0.2) is 11.5 Å². The molecule has 1 fully saturated rings. The second-order valence-corrected chi connectivity index (χ2v) is 10.0. The highest BCUT2D eigenvalue weighted by molar-refractivity contribution is 6.42. The van der Waals surface area contributed by atoms with Gasteiger partial charge in [0.1, 0.15) is 24.8 Å². The van der Waals surface area contributed by atoms with Crippen LogP contribution in [0.5, 0.6) is 17.2 Å². The summed E-state index contributed by atoms with van der Waals surface area (Å²) in [5.41, 5.74) is 0.252. The first-order valence-electron chi connectivity index (χ1n) is 12.2. The molecule has 2 aromatic carbocycles. The minimum absolute atomic E-state index is 0.218. The summed E-state index contributed by atoms with van der Waals surface area (Å²) >= 11 is 12.1. The van der Waals surface area contributed by atoms with Crippen molar-refractivity contribution in [3.63, 3.8) is 0 Å². The van der Waals surface area contributed by atoms with Gasteiger partial charge in [-0.3, -0.25) is 4.90 Å². The van der Waals surface area contributed by atoms with Crippen LogP contribution >= 0.6 is 23.2 Å². The van der Waals surface area contributed by atoms with E-state index in [-0.39, 0.29) is 6.61 Å². The summed E-state index contributed by atoms with van der Waals surface area (Å²) in [5, 5.41) is 12.1. The number of likely N-dealkylation sites (tertiary alicyclic amines) is 1. The highest BCUT2D eigenvalue weighted by Gasteiger charge is 2.31. The van der Waals surface area contributed by atoms with E-state index >= 15 is 0 Å². The van der Waals surface area contributed by atoms with Gasteiger partial charge in [0, 0.05) is 31.5 Å². The summed E-state index contributed by atoms with van der Waals surface area (Å²) in [5.74, 6) is 3.01. The average Bonchev–Trinajstić information content (AvgIpc) is 3.18. The molecular weight excluding hydrogens is 501 g/mol. The number of hydrogen-bond donors (Lipinski definition) is 1. The fourth-order valence-electron chi connectivity index (χ4n) is 4.41. The van der Waals surface area contributed by atoms with Gasteiger partial charge in [-0.15, -0.1) is 0 Å². The first-order valence-corrected chi connectivity index (χ1v) is 12.9. The molecule has 0 saturated carbocycles. The summed E-state index contributed by atoms with van der Waals surface area (Å²) < 4.78 is 19.5. The number of ether oxygens (including phenoxy) is 3. The van der Waals surface area contributed by atoms with Gasteiger partial charge in [-0.2, -0.15) is 0 Å². The molecule has 4 rings (SSSR count). The smallest absolute Gasteiger partial charge is 0.161 e. The Morgan fingerprint density at radius 2 is 1.89 bits per heavy atom. The van der Waals surface area contributed by atoms with Crippen LogP contribution in [0.3, 0.4) is 0 Å². The van der Waals surface area contributed by atoms with Crippen LogP contribution in [0.2, 0.25) is 10.0 Å². The monoisotopic (exact) mass is 533 g/mol. The van der Waals surface area contributed by atoms with Crippen molar-refractivity contribution in [3.05, 3.63) is 70.2 Å². The second-order valence-electron chi connectivity index (χ2n) is 9.22. The number of methoxy groups -OCH3 is 1. The second kappa shape index (κ2) is 12.2. The Morgan fingerprint density at radius 1 is 1.03 bits per heavy atom. The van der Waals surface area contributed by atoms with Gasteiger partial charge < -0.3 is 23.9 Å². The molecule has 194 valence electrons. The molecule has 1 aliphatic heterocycles. The van der Waals surface area contributed by atoms with Gasteiger partial charge in [-0.05, 0) is 62.6 Å². The zero-order chi connectivity index (χ0) is 25.5. The number of aromatic nitrogens is 2. The Bertz CT molecular complexity index is 1160. The third-order valence-electron chi connectivity index (χ3n) is 6.56. The number of aryl methyl sites for hydroxylation is 1. The topological polar surface area (TPSA) is 69.0 Å². The fourth-order valence-corrected chi connectivity index (χ4v) is 4.69. The lowest BCUT2D eigenvalue weighted by molar-refractivity contribution is -0.0168. The SMILES string of the molecule is COc1ccc(CN2CCC[C@@](O)(COc3ccc(Cl)c(Cl)c3)CC2)cc1OCCn1ccnc1C. The molecule has 1 aromatic heterocycles. The van der Waals surface area contributed by atoms with Crippen molar-refractivity contribution in [1.82, 2.24) is 14.5 Å². The minimum Gasteiger partial charge on any atom is -0.493 e. The maximum atomic E-state index is 11.2. The molecule has 0 unspecified atom stereocenters. The van der Waals surface area contributed by atoms with E-state index in [0.717, 1.165) is 43.2 Å². The van der Waals surface area contributed by atoms with Gasteiger partial charge in [0.2, 0.25) is 0 Å². The zero-order valence-corrected chi connectivity index (χ0v) is 22.3. The summed E-state index contributed by atoms with van der Waals surface area (Å²) in [4.78, 5) is 6.61. The van der Waals surface area contributed by atoms with Crippen molar-refractivity contribution in [2.24, 2.45) is 0 Å². The molecule has 9 heteroatoms. The number of nitrogens with zero attached hydrogens (tertiary/aromatic N) is 3. The molecule has 1 aliphatic rings. The van der Waals surface area contributed by atoms with E-state index in [1.165, 1.54) is 0 Å². The van der Waals surface area contributed by atoms with E-state index in [2.05, 4.69) is 20.5 Å². The van der Waals surface area contributed by atoms with E-state index < -0.39 is 5.60 Å². The van der Waals surface area contributed by atoms with E-state index in [9.17, 15) is 5.11 Å². The van der Waals surface area contributed by atoms with Gasteiger partial charge in [0.25, 0.3) is 0 Å². The number of halogens is 2. The first kappa shape index (κ1) is 26.6. The summed E-state index contributed by atoms with van der Waals surface area (Å²) in [7, 11) is 1.65. The van der Waals surface area contributed by atoms with E-state index in [4.69, 9.17) is 37.4 Å². The van der Waals surface area contributed by atoms with Crippen LogP contribution in [-0.2, 0) is 13.1 Å². The van der Waals surface area contributed by atoms with Crippen molar-refractivity contribution in [1.29, 1.82) is 0 Å². The minimum atomic E-state index is -0.888. The average molecular weight is 534 g/mol. The molecule has 1 saturated heterocycles. The van der Waals surface area contributed by atoms with Crippen LogP contribution in [0.25, 0.3) is 0 Å². The predicted octanol–water partition coefficient (Wildman–Crippen LogP) is 5.38. The predicted molar refractivity (Wildman–Crippen MR) is 141 cm³/mol. The molecule has 7 nitrogen and oxygen atoms in total. The lowest BCUT2D eigenvalue weighted by atomic mass is 9.96. The van der Waals surface area contributed by atoms with E-state index in [1.807, 2.05) is 25.3 Å². The Morgan fingerprint density at radius 3 is 2.64 bits per heavy atom. The highest BCUT2D eigenvalue weighted by Crippen LogP contribution is 2.31. The van der Waals surface area contributed by atoms with Crippen LogP contribution in [-0.4, -0.2) is 58.6 Å². The van der Waals surface area contributed by atoms with Crippen molar-refractivity contribution in [3.8, 4) is 17.2 Å². The van der Waals surface area contributed by atoms with Gasteiger partial charge >= 0.3 is 0 Å². The molecule has 3 aromatic rings. The number of imidazole rings is 1.